The van der Waals surface area contributed by atoms with E-state index < -0.39 is 0 Å². The maximum absolute atomic E-state index is 6.01. The van der Waals surface area contributed by atoms with Crippen molar-refractivity contribution in [1.29, 1.82) is 0 Å². The summed E-state index contributed by atoms with van der Waals surface area (Å²) in [6.07, 6.45) is 0. The number of para-hydroxylation sites is 1. The Bertz CT molecular complexity index is 791. The van der Waals surface area contributed by atoms with E-state index in [1.54, 1.807) is 0 Å². The molecule has 0 saturated heterocycles. The van der Waals surface area contributed by atoms with Crippen LogP contribution in [-0.2, 0) is 0 Å². The number of aromatic nitrogens is 2. The molecule has 0 radical (unpaired) electrons. The number of nitrogens with zero attached hydrogens (tertiary/aromatic N) is 2. The van der Waals surface area contributed by atoms with Crippen LogP contribution in [0.2, 0.25) is 5.02 Å². The minimum atomic E-state index is 0.226. The van der Waals surface area contributed by atoms with Crippen molar-refractivity contribution in [2.75, 3.05) is 11.1 Å². The fraction of sp³-hybridized carbons (Fsp3) is 0. The molecular formula is C14H10BrClN4. The summed E-state index contributed by atoms with van der Waals surface area (Å²) >= 11 is 9.49. The number of nitrogens with one attached hydrogen (secondary N) is 1. The summed E-state index contributed by atoms with van der Waals surface area (Å²) in [7, 11) is 0. The topological polar surface area (TPSA) is 63.8 Å². The number of hydrogen-bond acceptors (Lipinski definition) is 4. The second kappa shape index (κ2) is 5.26. The molecule has 3 N–H and O–H groups in total. The number of fused-ring (bicyclic) bond motifs is 1. The second-order valence-electron chi connectivity index (χ2n) is 4.20. The van der Waals surface area contributed by atoms with E-state index in [0.29, 0.717) is 10.8 Å². The van der Waals surface area contributed by atoms with Crippen LogP contribution in [-0.4, -0.2) is 9.97 Å². The molecule has 20 heavy (non-hydrogen) atoms. The zero-order chi connectivity index (χ0) is 14.1. The smallest absolute Gasteiger partial charge is 0.222 e. The molecule has 0 spiro atoms. The molecule has 0 aliphatic rings. The van der Waals surface area contributed by atoms with Crippen molar-refractivity contribution in [3.63, 3.8) is 0 Å². The summed E-state index contributed by atoms with van der Waals surface area (Å²) in [5.74, 6) is 0.875. The van der Waals surface area contributed by atoms with Crippen LogP contribution in [0.1, 0.15) is 0 Å². The molecule has 2 aromatic carbocycles. The van der Waals surface area contributed by atoms with Gasteiger partial charge in [-0.05, 0) is 46.3 Å². The van der Waals surface area contributed by atoms with Crippen molar-refractivity contribution in [3.05, 3.63) is 52.0 Å². The molecule has 0 saturated carbocycles. The standard InChI is InChI=1S/C14H10BrClN4/c15-10-6-5-8(16)7-12(10)18-13-9-3-1-2-4-11(9)19-14(17)20-13/h1-7H,(H3,17,18,19,20). The predicted octanol–water partition coefficient (Wildman–Crippen LogP) is 4.37. The first-order chi connectivity index (χ1) is 9.63. The Hall–Kier alpha value is -1.85. The Morgan fingerprint density at radius 3 is 2.75 bits per heavy atom. The zero-order valence-electron chi connectivity index (χ0n) is 10.3. The van der Waals surface area contributed by atoms with E-state index in [9.17, 15) is 0 Å². The van der Waals surface area contributed by atoms with Crippen molar-refractivity contribution in [1.82, 2.24) is 9.97 Å². The van der Waals surface area contributed by atoms with E-state index in [4.69, 9.17) is 17.3 Å². The Morgan fingerprint density at radius 1 is 1.10 bits per heavy atom. The van der Waals surface area contributed by atoms with Gasteiger partial charge in [-0.1, -0.05) is 23.7 Å². The highest BCUT2D eigenvalue weighted by atomic mass is 79.9. The molecule has 100 valence electrons. The van der Waals surface area contributed by atoms with Gasteiger partial charge in [0.25, 0.3) is 0 Å². The molecule has 0 fully saturated rings. The molecule has 0 aliphatic heterocycles. The molecule has 4 nitrogen and oxygen atoms in total. The van der Waals surface area contributed by atoms with Gasteiger partial charge in [-0.15, -0.1) is 0 Å². The molecule has 3 rings (SSSR count). The SMILES string of the molecule is Nc1nc(Nc2cc(Cl)ccc2Br)c2ccccc2n1. The van der Waals surface area contributed by atoms with E-state index in [1.165, 1.54) is 0 Å². The van der Waals surface area contributed by atoms with Crippen LogP contribution in [0.25, 0.3) is 10.9 Å². The van der Waals surface area contributed by atoms with Gasteiger partial charge in [-0.3, -0.25) is 0 Å². The Labute approximate surface area is 129 Å². The van der Waals surface area contributed by atoms with Crippen LogP contribution < -0.4 is 11.1 Å². The summed E-state index contributed by atoms with van der Waals surface area (Å²) in [5.41, 5.74) is 7.36. The van der Waals surface area contributed by atoms with Crippen LogP contribution in [0.15, 0.2) is 46.9 Å². The number of nitrogen functional groups attached to an aromatic ring is 1. The molecule has 1 aromatic heterocycles. The average molecular weight is 350 g/mol. The quantitative estimate of drug-likeness (QED) is 0.721. The molecule has 0 bridgehead atoms. The number of rotatable bonds is 2. The van der Waals surface area contributed by atoms with E-state index >= 15 is 0 Å². The molecule has 6 heteroatoms. The van der Waals surface area contributed by atoms with Gasteiger partial charge in [-0.25, -0.2) is 4.98 Å². The number of nitrogens with two attached hydrogens (primary N) is 1. The van der Waals surface area contributed by atoms with Crippen LogP contribution >= 0.6 is 27.5 Å². The zero-order valence-corrected chi connectivity index (χ0v) is 12.6. The largest absolute Gasteiger partial charge is 0.368 e. The van der Waals surface area contributed by atoms with Gasteiger partial charge >= 0.3 is 0 Å². The fourth-order valence-electron chi connectivity index (χ4n) is 1.91. The summed E-state index contributed by atoms with van der Waals surface area (Å²) < 4.78 is 0.892. The van der Waals surface area contributed by atoms with Crippen molar-refractivity contribution in [3.8, 4) is 0 Å². The third kappa shape index (κ3) is 2.55. The Morgan fingerprint density at radius 2 is 1.90 bits per heavy atom. The third-order valence-electron chi connectivity index (χ3n) is 2.80. The average Bonchev–Trinajstić information content (AvgIpc) is 2.43. The van der Waals surface area contributed by atoms with Gasteiger partial charge in [0, 0.05) is 14.9 Å². The lowest BCUT2D eigenvalue weighted by Gasteiger charge is -2.11. The van der Waals surface area contributed by atoms with Crippen LogP contribution in [0.3, 0.4) is 0 Å². The lowest BCUT2D eigenvalue weighted by atomic mass is 10.2. The van der Waals surface area contributed by atoms with Gasteiger partial charge in [0.2, 0.25) is 5.95 Å². The molecule has 3 aromatic rings. The van der Waals surface area contributed by atoms with Crippen molar-refractivity contribution in [2.24, 2.45) is 0 Å². The van der Waals surface area contributed by atoms with Gasteiger partial charge in [0.05, 0.1) is 11.2 Å². The van der Waals surface area contributed by atoms with Crippen molar-refractivity contribution < 1.29 is 0 Å². The first-order valence-electron chi connectivity index (χ1n) is 5.88. The molecule has 0 unspecified atom stereocenters. The van der Waals surface area contributed by atoms with Crippen LogP contribution in [0.4, 0.5) is 17.5 Å². The van der Waals surface area contributed by atoms with Gasteiger partial charge in [0.1, 0.15) is 5.82 Å². The van der Waals surface area contributed by atoms with Gasteiger partial charge in [0.15, 0.2) is 0 Å². The number of halogens is 2. The van der Waals surface area contributed by atoms with Crippen LogP contribution in [0, 0.1) is 0 Å². The van der Waals surface area contributed by atoms with E-state index in [2.05, 4.69) is 31.2 Å². The highest BCUT2D eigenvalue weighted by Gasteiger charge is 2.08. The van der Waals surface area contributed by atoms with Crippen LogP contribution in [0.5, 0.6) is 0 Å². The summed E-state index contributed by atoms with van der Waals surface area (Å²) in [6.45, 7) is 0. The molecule has 0 atom stereocenters. The maximum Gasteiger partial charge on any atom is 0.222 e. The minimum absolute atomic E-state index is 0.226. The predicted molar refractivity (Wildman–Crippen MR) is 86.4 cm³/mol. The van der Waals surface area contributed by atoms with E-state index in [1.807, 2.05) is 42.5 Å². The first kappa shape index (κ1) is 13.1. The van der Waals surface area contributed by atoms with Crippen molar-refractivity contribution in [2.45, 2.75) is 0 Å². The maximum atomic E-state index is 6.01. The monoisotopic (exact) mass is 348 g/mol. The first-order valence-corrected chi connectivity index (χ1v) is 7.05. The summed E-state index contributed by atoms with van der Waals surface area (Å²) in [6, 6.07) is 13.2. The van der Waals surface area contributed by atoms with E-state index in [-0.39, 0.29) is 5.95 Å². The van der Waals surface area contributed by atoms with E-state index in [0.717, 1.165) is 21.1 Å². The van der Waals surface area contributed by atoms with Crippen molar-refractivity contribution >= 4 is 55.9 Å². The molecular weight excluding hydrogens is 340 g/mol. The fourth-order valence-corrected chi connectivity index (χ4v) is 2.43. The molecule has 0 aliphatic carbocycles. The summed E-state index contributed by atoms with van der Waals surface area (Å²) in [5, 5.41) is 4.77. The number of anilines is 3. The second-order valence-corrected chi connectivity index (χ2v) is 5.49. The Balaban J connectivity index is 2.13. The molecule has 0 amide bonds. The highest BCUT2D eigenvalue weighted by Crippen LogP contribution is 2.30. The minimum Gasteiger partial charge on any atom is -0.368 e. The Kier molecular flexibility index (Phi) is 3.46. The van der Waals surface area contributed by atoms with Gasteiger partial charge < -0.3 is 11.1 Å². The number of benzene rings is 2. The normalized spacial score (nSPS) is 10.7. The number of hydrogen-bond donors (Lipinski definition) is 2. The highest BCUT2D eigenvalue weighted by molar-refractivity contribution is 9.10. The lowest BCUT2D eigenvalue weighted by Crippen LogP contribution is -2.01. The third-order valence-corrected chi connectivity index (χ3v) is 3.73. The summed E-state index contributed by atoms with van der Waals surface area (Å²) in [4.78, 5) is 8.47. The lowest BCUT2D eigenvalue weighted by molar-refractivity contribution is 1.23. The van der Waals surface area contributed by atoms with Gasteiger partial charge in [-0.2, -0.15) is 4.98 Å². The molecule has 1 heterocycles.